The van der Waals surface area contributed by atoms with Crippen LogP contribution in [0.1, 0.15) is 29.6 Å². The highest BCUT2D eigenvalue weighted by Crippen LogP contribution is 2.43. The van der Waals surface area contributed by atoms with E-state index in [-0.39, 0.29) is 22.6 Å². The molecule has 0 radical (unpaired) electrons. The highest BCUT2D eigenvalue weighted by atomic mass is 16.4. The lowest BCUT2D eigenvalue weighted by Gasteiger charge is -2.39. The van der Waals surface area contributed by atoms with Crippen molar-refractivity contribution in [3.05, 3.63) is 36.0 Å². The highest BCUT2D eigenvalue weighted by Gasteiger charge is 2.47. The molecule has 1 atom stereocenters. The Labute approximate surface area is 157 Å². The lowest BCUT2D eigenvalue weighted by molar-refractivity contribution is -0.141. The van der Waals surface area contributed by atoms with Crippen LogP contribution in [0.3, 0.4) is 0 Å². The summed E-state index contributed by atoms with van der Waals surface area (Å²) < 4.78 is 0. The molecule has 7 nitrogen and oxygen atoms in total. The molecule has 142 valence electrons. The molecule has 2 aromatic rings. The van der Waals surface area contributed by atoms with Crippen LogP contribution < -0.4 is 0 Å². The van der Waals surface area contributed by atoms with Crippen LogP contribution in [0.4, 0.5) is 0 Å². The van der Waals surface area contributed by atoms with Crippen LogP contribution in [0.2, 0.25) is 0 Å². The number of aromatic nitrogens is 1. The van der Waals surface area contributed by atoms with Crippen molar-refractivity contribution in [2.45, 2.75) is 25.3 Å². The first-order valence-electron chi connectivity index (χ1n) is 9.19. The standard InChI is InChI=1S/C20H23N3O4/c1-22-12-20(11-15(22)19(26)27)6-9-23(10-7-20)18(25)14-5-4-13-3-2-8-21-16(13)17(14)24/h2-5,8,15,24H,6-7,9-12H2,1H3,(H,26,27). The van der Waals surface area contributed by atoms with Gasteiger partial charge in [-0.15, -0.1) is 0 Å². The van der Waals surface area contributed by atoms with Crippen molar-refractivity contribution < 1.29 is 19.8 Å². The fourth-order valence-electron chi connectivity index (χ4n) is 4.56. The van der Waals surface area contributed by atoms with E-state index in [1.807, 2.05) is 18.0 Å². The number of carboxylic acid groups (broad SMARTS) is 1. The van der Waals surface area contributed by atoms with Gasteiger partial charge in [0.2, 0.25) is 0 Å². The van der Waals surface area contributed by atoms with Crippen LogP contribution in [0, 0.1) is 5.41 Å². The van der Waals surface area contributed by atoms with Crippen molar-refractivity contribution in [1.29, 1.82) is 0 Å². The molecule has 1 aromatic heterocycles. The van der Waals surface area contributed by atoms with E-state index >= 15 is 0 Å². The van der Waals surface area contributed by atoms with Gasteiger partial charge in [0.1, 0.15) is 11.6 Å². The number of carboxylic acids is 1. The average Bonchev–Trinajstić information content (AvgIpc) is 2.98. The third-order valence-corrected chi connectivity index (χ3v) is 6.12. The maximum absolute atomic E-state index is 12.9. The van der Waals surface area contributed by atoms with E-state index in [4.69, 9.17) is 0 Å². The SMILES string of the molecule is CN1CC2(CCN(C(=O)c3ccc4cccnc4c3O)CC2)CC1C(=O)O. The molecule has 0 saturated carbocycles. The number of hydrogen-bond acceptors (Lipinski definition) is 5. The van der Waals surface area contributed by atoms with E-state index in [9.17, 15) is 19.8 Å². The zero-order valence-electron chi connectivity index (χ0n) is 15.3. The molecule has 27 heavy (non-hydrogen) atoms. The van der Waals surface area contributed by atoms with Crippen molar-refractivity contribution in [2.24, 2.45) is 5.41 Å². The maximum Gasteiger partial charge on any atom is 0.320 e. The van der Waals surface area contributed by atoms with Gasteiger partial charge >= 0.3 is 5.97 Å². The second kappa shape index (κ2) is 6.49. The molecule has 2 saturated heterocycles. The second-order valence-corrected chi connectivity index (χ2v) is 7.80. The van der Waals surface area contributed by atoms with Gasteiger partial charge in [-0.05, 0) is 43.9 Å². The number of aliphatic carboxylic acids is 1. The largest absolute Gasteiger partial charge is 0.505 e. The number of fused-ring (bicyclic) bond motifs is 1. The first-order valence-corrected chi connectivity index (χ1v) is 9.19. The summed E-state index contributed by atoms with van der Waals surface area (Å²) in [7, 11) is 1.85. The monoisotopic (exact) mass is 369 g/mol. The van der Waals surface area contributed by atoms with E-state index in [0.717, 1.165) is 24.8 Å². The van der Waals surface area contributed by atoms with Crippen molar-refractivity contribution in [3.8, 4) is 5.75 Å². The number of piperidine rings is 1. The molecule has 0 aliphatic carbocycles. The van der Waals surface area contributed by atoms with E-state index in [0.29, 0.717) is 25.0 Å². The van der Waals surface area contributed by atoms with Crippen LogP contribution in [0.25, 0.3) is 10.9 Å². The summed E-state index contributed by atoms with van der Waals surface area (Å²) in [4.78, 5) is 32.2. The number of carbonyl (C=O) groups excluding carboxylic acids is 1. The van der Waals surface area contributed by atoms with Crippen molar-refractivity contribution in [2.75, 3.05) is 26.7 Å². The van der Waals surface area contributed by atoms with Gasteiger partial charge in [0.25, 0.3) is 5.91 Å². The number of nitrogens with zero attached hydrogens (tertiary/aromatic N) is 3. The Morgan fingerprint density at radius 3 is 2.63 bits per heavy atom. The topological polar surface area (TPSA) is 94.0 Å². The summed E-state index contributed by atoms with van der Waals surface area (Å²) in [5.41, 5.74) is 0.657. The quantitative estimate of drug-likeness (QED) is 0.840. The fourth-order valence-corrected chi connectivity index (χ4v) is 4.56. The summed E-state index contributed by atoms with van der Waals surface area (Å²) in [5.74, 6) is -1.05. The average molecular weight is 369 g/mol. The minimum Gasteiger partial charge on any atom is -0.505 e. The van der Waals surface area contributed by atoms with E-state index < -0.39 is 12.0 Å². The smallest absolute Gasteiger partial charge is 0.320 e. The number of benzene rings is 1. The Hall–Kier alpha value is -2.67. The zero-order chi connectivity index (χ0) is 19.2. The number of pyridine rings is 1. The van der Waals surface area contributed by atoms with Gasteiger partial charge in [-0.1, -0.05) is 12.1 Å². The summed E-state index contributed by atoms with van der Waals surface area (Å²) in [6, 6.07) is 6.63. The number of carbonyl (C=O) groups is 2. The minimum atomic E-state index is -0.776. The molecule has 1 aromatic carbocycles. The zero-order valence-corrected chi connectivity index (χ0v) is 15.3. The van der Waals surface area contributed by atoms with Gasteiger partial charge in [0, 0.05) is 31.2 Å². The predicted octanol–water partition coefficient (Wildman–Crippen LogP) is 1.95. The third kappa shape index (κ3) is 3.02. The molecule has 7 heteroatoms. The van der Waals surface area contributed by atoms with Crippen LogP contribution >= 0.6 is 0 Å². The van der Waals surface area contributed by atoms with Crippen LogP contribution in [-0.4, -0.2) is 69.6 Å². The number of phenolic OH excluding ortho intramolecular Hbond substituents is 1. The number of aromatic hydroxyl groups is 1. The third-order valence-electron chi connectivity index (χ3n) is 6.12. The van der Waals surface area contributed by atoms with Gasteiger partial charge in [0.15, 0.2) is 5.75 Å². The lowest BCUT2D eigenvalue weighted by Crippen LogP contribution is -2.44. The molecule has 2 aliphatic rings. The van der Waals surface area contributed by atoms with E-state index in [2.05, 4.69) is 4.98 Å². The second-order valence-electron chi connectivity index (χ2n) is 7.80. The van der Waals surface area contributed by atoms with Crippen LogP contribution in [-0.2, 0) is 4.79 Å². The number of likely N-dealkylation sites (tertiary alicyclic amines) is 2. The van der Waals surface area contributed by atoms with Gasteiger partial charge in [-0.2, -0.15) is 0 Å². The summed E-state index contributed by atoms with van der Waals surface area (Å²) in [6.07, 6.45) is 3.78. The molecule has 1 amide bonds. The van der Waals surface area contributed by atoms with Gasteiger partial charge in [-0.25, -0.2) is 0 Å². The Balaban J connectivity index is 1.50. The molecule has 2 fully saturated rings. The fraction of sp³-hybridized carbons (Fsp3) is 0.450. The van der Waals surface area contributed by atoms with E-state index in [1.165, 1.54) is 0 Å². The first-order chi connectivity index (χ1) is 12.9. The van der Waals surface area contributed by atoms with Crippen LogP contribution in [0.15, 0.2) is 30.5 Å². The molecule has 2 N–H and O–H groups in total. The highest BCUT2D eigenvalue weighted by molar-refractivity contribution is 6.02. The Kier molecular flexibility index (Phi) is 4.26. The number of hydrogen-bond donors (Lipinski definition) is 2. The number of phenols is 1. The molecule has 1 spiro atoms. The number of likely N-dealkylation sites (N-methyl/N-ethyl adjacent to an activating group) is 1. The summed E-state index contributed by atoms with van der Waals surface area (Å²) in [6.45, 7) is 1.88. The maximum atomic E-state index is 12.9. The molecule has 0 bridgehead atoms. The number of amides is 1. The van der Waals surface area contributed by atoms with E-state index in [1.54, 1.807) is 29.3 Å². The Morgan fingerprint density at radius 2 is 1.96 bits per heavy atom. The number of rotatable bonds is 2. The van der Waals surface area contributed by atoms with Gasteiger partial charge < -0.3 is 15.1 Å². The lowest BCUT2D eigenvalue weighted by atomic mass is 9.76. The van der Waals surface area contributed by atoms with Crippen molar-refractivity contribution >= 4 is 22.8 Å². The van der Waals surface area contributed by atoms with Crippen LogP contribution in [0.5, 0.6) is 5.75 Å². The Morgan fingerprint density at radius 1 is 1.22 bits per heavy atom. The van der Waals surface area contributed by atoms with Crippen molar-refractivity contribution in [3.63, 3.8) is 0 Å². The normalized spacial score (nSPS) is 22.4. The molecule has 2 aliphatic heterocycles. The predicted molar refractivity (Wildman–Crippen MR) is 99.6 cm³/mol. The molecular formula is C20H23N3O4. The molecular weight excluding hydrogens is 346 g/mol. The molecule has 4 rings (SSSR count). The van der Waals surface area contributed by atoms with Gasteiger partial charge in [0.05, 0.1) is 5.56 Å². The molecule has 3 heterocycles. The summed E-state index contributed by atoms with van der Waals surface area (Å²) >= 11 is 0. The molecule has 1 unspecified atom stereocenters. The van der Waals surface area contributed by atoms with Crippen molar-refractivity contribution in [1.82, 2.24) is 14.8 Å². The summed E-state index contributed by atoms with van der Waals surface area (Å²) in [5, 5.41) is 20.7. The Bertz CT molecular complexity index is 905. The first kappa shape index (κ1) is 17.7. The minimum absolute atomic E-state index is 0.0401. The van der Waals surface area contributed by atoms with Gasteiger partial charge in [-0.3, -0.25) is 19.5 Å².